The molecule has 0 spiro atoms. The molecule has 2 rings (SSSR count). The number of nitrogens with one attached hydrogen (secondary N) is 1. The molecule has 1 aromatic rings. The van der Waals surface area contributed by atoms with Crippen LogP contribution in [0.4, 0.5) is 0 Å². The smallest absolute Gasteiger partial charge is 0.311 e. The minimum Gasteiger partial charge on any atom is -0.497 e. The molecule has 1 fully saturated rings. The summed E-state index contributed by atoms with van der Waals surface area (Å²) in [7, 11) is 1.63. The van der Waals surface area contributed by atoms with E-state index in [2.05, 4.69) is 5.32 Å². The molecule has 0 atom stereocenters. The quantitative estimate of drug-likeness (QED) is 0.852. The summed E-state index contributed by atoms with van der Waals surface area (Å²) < 4.78 is 5.09. The van der Waals surface area contributed by atoms with Gasteiger partial charge in [0, 0.05) is 19.6 Å². The zero-order valence-corrected chi connectivity index (χ0v) is 12.4. The van der Waals surface area contributed by atoms with Crippen molar-refractivity contribution in [2.75, 3.05) is 26.7 Å². The Hall–Kier alpha value is -2.04. The largest absolute Gasteiger partial charge is 0.497 e. The van der Waals surface area contributed by atoms with Gasteiger partial charge in [-0.05, 0) is 43.4 Å². The van der Waals surface area contributed by atoms with Crippen molar-refractivity contribution in [3.63, 3.8) is 0 Å². The molecule has 1 heterocycles. The molecule has 2 amide bonds. The van der Waals surface area contributed by atoms with Crippen molar-refractivity contribution < 1.29 is 14.3 Å². The molecule has 0 bridgehead atoms. The number of nitrogens with zero attached hydrogens (tertiary/aromatic N) is 1. The third-order valence-electron chi connectivity index (χ3n) is 3.70. The lowest BCUT2D eigenvalue weighted by Gasteiger charge is -2.25. The van der Waals surface area contributed by atoms with Crippen molar-refractivity contribution in [2.45, 2.75) is 25.7 Å². The van der Waals surface area contributed by atoms with Gasteiger partial charge in [-0.25, -0.2) is 0 Å². The van der Waals surface area contributed by atoms with Crippen LogP contribution in [0.25, 0.3) is 0 Å². The summed E-state index contributed by atoms with van der Waals surface area (Å²) in [5.74, 6) is -0.0853. The molecule has 0 aromatic heterocycles. The van der Waals surface area contributed by atoms with Crippen molar-refractivity contribution in [1.82, 2.24) is 10.2 Å². The molecule has 0 radical (unpaired) electrons. The molecule has 1 saturated heterocycles. The van der Waals surface area contributed by atoms with Crippen molar-refractivity contribution in [3.05, 3.63) is 29.8 Å². The number of likely N-dealkylation sites (tertiary alicyclic amines) is 1. The third-order valence-corrected chi connectivity index (χ3v) is 3.70. The highest BCUT2D eigenvalue weighted by Crippen LogP contribution is 2.11. The van der Waals surface area contributed by atoms with Gasteiger partial charge >= 0.3 is 11.8 Å². The number of hydrogen-bond donors (Lipinski definition) is 1. The predicted octanol–water partition coefficient (Wildman–Crippen LogP) is 1.37. The Balaban J connectivity index is 1.74. The molecule has 21 heavy (non-hydrogen) atoms. The van der Waals surface area contributed by atoms with Crippen LogP contribution in [0.5, 0.6) is 5.75 Å². The van der Waals surface area contributed by atoms with Gasteiger partial charge in [-0.15, -0.1) is 0 Å². The maximum Gasteiger partial charge on any atom is 0.311 e. The van der Waals surface area contributed by atoms with Gasteiger partial charge in [0.25, 0.3) is 0 Å². The van der Waals surface area contributed by atoms with Crippen LogP contribution in [-0.4, -0.2) is 43.5 Å². The average Bonchev–Trinajstić information content (AvgIpc) is 2.55. The van der Waals surface area contributed by atoms with Crippen molar-refractivity contribution in [3.8, 4) is 5.75 Å². The maximum absolute atomic E-state index is 11.9. The van der Waals surface area contributed by atoms with Crippen LogP contribution in [0.3, 0.4) is 0 Å². The second-order valence-corrected chi connectivity index (χ2v) is 5.21. The molecule has 1 aliphatic heterocycles. The average molecular weight is 290 g/mol. The van der Waals surface area contributed by atoms with E-state index in [0.717, 1.165) is 30.6 Å². The van der Waals surface area contributed by atoms with Crippen LogP contribution in [0.15, 0.2) is 24.3 Å². The van der Waals surface area contributed by atoms with Gasteiger partial charge in [0.05, 0.1) is 7.11 Å². The lowest BCUT2D eigenvalue weighted by molar-refractivity contribution is -0.146. The predicted molar refractivity (Wildman–Crippen MR) is 80.1 cm³/mol. The molecular weight excluding hydrogens is 268 g/mol. The van der Waals surface area contributed by atoms with Gasteiger partial charge in [0.2, 0.25) is 0 Å². The van der Waals surface area contributed by atoms with Crippen molar-refractivity contribution in [1.29, 1.82) is 0 Å². The molecule has 1 N–H and O–H groups in total. The SMILES string of the molecule is COc1ccc(CCNC(=O)C(=O)N2CCCCC2)cc1. The number of piperidine rings is 1. The molecule has 1 aromatic carbocycles. The van der Waals surface area contributed by atoms with E-state index in [4.69, 9.17) is 4.74 Å². The number of hydrogen-bond acceptors (Lipinski definition) is 3. The van der Waals surface area contributed by atoms with E-state index in [1.54, 1.807) is 12.0 Å². The van der Waals surface area contributed by atoms with E-state index in [1.165, 1.54) is 0 Å². The van der Waals surface area contributed by atoms with E-state index in [0.29, 0.717) is 26.1 Å². The fourth-order valence-electron chi connectivity index (χ4n) is 2.43. The number of carbonyl (C=O) groups is 2. The summed E-state index contributed by atoms with van der Waals surface area (Å²) >= 11 is 0. The van der Waals surface area contributed by atoms with Crippen molar-refractivity contribution >= 4 is 11.8 Å². The van der Waals surface area contributed by atoms with Crippen molar-refractivity contribution in [2.24, 2.45) is 0 Å². The van der Waals surface area contributed by atoms with Gasteiger partial charge < -0.3 is 15.0 Å². The highest BCUT2D eigenvalue weighted by atomic mass is 16.5. The Kier molecular flexibility index (Phi) is 5.60. The molecule has 0 unspecified atom stereocenters. The summed E-state index contributed by atoms with van der Waals surface area (Å²) in [5.41, 5.74) is 1.10. The summed E-state index contributed by atoms with van der Waals surface area (Å²) in [6.45, 7) is 1.86. The third kappa shape index (κ3) is 4.48. The number of benzene rings is 1. The molecule has 0 aliphatic carbocycles. The Morgan fingerprint density at radius 2 is 1.81 bits per heavy atom. The molecule has 114 valence electrons. The van der Waals surface area contributed by atoms with Gasteiger partial charge in [0.1, 0.15) is 5.75 Å². The van der Waals surface area contributed by atoms with Crippen LogP contribution in [-0.2, 0) is 16.0 Å². The normalized spacial score (nSPS) is 14.6. The summed E-state index contributed by atoms with van der Waals surface area (Å²) in [6.07, 6.45) is 3.82. The summed E-state index contributed by atoms with van der Waals surface area (Å²) in [4.78, 5) is 25.4. The van der Waals surface area contributed by atoms with Crippen LogP contribution >= 0.6 is 0 Å². The minimum atomic E-state index is -0.495. The molecule has 5 nitrogen and oxygen atoms in total. The first-order valence-corrected chi connectivity index (χ1v) is 7.41. The maximum atomic E-state index is 11.9. The number of methoxy groups -OCH3 is 1. The number of ether oxygens (including phenoxy) is 1. The number of amides is 2. The number of carbonyl (C=O) groups excluding carboxylic acids is 2. The molecule has 1 aliphatic rings. The Labute approximate surface area is 125 Å². The second kappa shape index (κ2) is 7.67. The highest BCUT2D eigenvalue weighted by Gasteiger charge is 2.22. The van der Waals surface area contributed by atoms with E-state index in [-0.39, 0.29) is 0 Å². The second-order valence-electron chi connectivity index (χ2n) is 5.21. The molecule has 0 saturated carbocycles. The lowest BCUT2D eigenvalue weighted by Crippen LogP contribution is -2.45. The lowest BCUT2D eigenvalue weighted by atomic mass is 10.1. The van der Waals surface area contributed by atoms with E-state index >= 15 is 0 Å². The summed E-state index contributed by atoms with van der Waals surface area (Å²) in [5, 5.41) is 2.70. The van der Waals surface area contributed by atoms with Gasteiger partial charge in [0.15, 0.2) is 0 Å². The molecular formula is C16H22N2O3. The van der Waals surface area contributed by atoms with E-state index in [9.17, 15) is 9.59 Å². The zero-order chi connectivity index (χ0) is 15.1. The van der Waals surface area contributed by atoms with Gasteiger partial charge in [-0.1, -0.05) is 12.1 Å². The Bertz CT molecular complexity index is 479. The highest BCUT2D eigenvalue weighted by molar-refractivity contribution is 6.35. The van der Waals surface area contributed by atoms with Gasteiger partial charge in [-0.2, -0.15) is 0 Å². The first-order valence-electron chi connectivity index (χ1n) is 7.41. The van der Waals surface area contributed by atoms with Gasteiger partial charge in [-0.3, -0.25) is 9.59 Å². The van der Waals surface area contributed by atoms with Crippen LogP contribution < -0.4 is 10.1 Å². The fourth-order valence-corrected chi connectivity index (χ4v) is 2.43. The standard InChI is InChI=1S/C16H22N2O3/c1-21-14-7-5-13(6-8-14)9-10-17-15(19)16(20)18-11-3-2-4-12-18/h5-8H,2-4,9-12H2,1H3,(H,17,19). The Morgan fingerprint density at radius 3 is 2.43 bits per heavy atom. The fraction of sp³-hybridized carbons (Fsp3) is 0.500. The monoisotopic (exact) mass is 290 g/mol. The summed E-state index contributed by atoms with van der Waals surface area (Å²) in [6, 6.07) is 7.68. The Morgan fingerprint density at radius 1 is 1.14 bits per heavy atom. The number of rotatable bonds is 4. The van der Waals surface area contributed by atoms with Crippen LogP contribution in [0, 0.1) is 0 Å². The minimum absolute atomic E-state index is 0.399. The molecule has 5 heteroatoms. The zero-order valence-electron chi connectivity index (χ0n) is 12.4. The van der Waals surface area contributed by atoms with Crippen LogP contribution in [0.2, 0.25) is 0 Å². The topological polar surface area (TPSA) is 58.6 Å². The van der Waals surface area contributed by atoms with E-state index in [1.807, 2.05) is 24.3 Å². The first kappa shape index (κ1) is 15.4. The van der Waals surface area contributed by atoms with E-state index < -0.39 is 11.8 Å². The van der Waals surface area contributed by atoms with Crippen LogP contribution in [0.1, 0.15) is 24.8 Å². The first-order chi connectivity index (χ1) is 10.2.